The first kappa shape index (κ1) is 17.9. The average molecular weight is 309 g/mol. The summed E-state index contributed by atoms with van der Waals surface area (Å²) in [6.45, 7) is 15.7. The summed E-state index contributed by atoms with van der Waals surface area (Å²) in [7, 11) is 0. The monoisotopic (exact) mass is 308 g/mol. The molecule has 0 heteroatoms. The van der Waals surface area contributed by atoms with Gasteiger partial charge in [-0.15, -0.1) is 0 Å². The molecule has 0 heterocycles. The van der Waals surface area contributed by atoms with E-state index >= 15 is 0 Å². The summed E-state index contributed by atoms with van der Waals surface area (Å²) in [5.74, 6) is 2.14. The van der Waals surface area contributed by atoms with Crippen LogP contribution in [-0.2, 0) is 0 Å². The van der Waals surface area contributed by atoms with Crippen LogP contribution in [0.1, 0.15) is 82.4 Å². The molecule has 0 N–H and O–H groups in total. The lowest BCUT2D eigenvalue weighted by Gasteiger charge is -2.29. The van der Waals surface area contributed by atoms with Crippen molar-refractivity contribution in [1.82, 2.24) is 0 Å². The second-order valence-corrected chi connectivity index (χ2v) is 7.58. The van der Waals surface area contributed by atoms with Crippen LogP contribution in [0.4, 0.5) is 0 Å². The zero-order valence-corrected chi connectivity index (χ0v) is 15.6. The Morgan fingerprint density at radius 2 is 2.00 bits per heavy atom. The van der Waals surface area contributed by atoms with Gasteiger partial charge in [0.15, 0.2) is 0 Å². The van der Waals surface area contributed by atoms with E-state index in [4.69, 9.17) is 0 Å². The fourth-order valence-corrected chi connectivity index (χ4v) is 3.98. The highest BCUT2D eigenvalue weighted by Gasteiger charge is 2.23. The van der Waals surface area contributed by atoms with Crippen LogP contribution in [0.2, 0.25) is 0 Å². The van der Waals surface area contributed by atoms with Crippen molar-refractivity contribution in [2.45, 2.75) is 72.6 Å². The van der Waals surface area contributed by atoms with Gasteiger partial charge in [-0.1, -0.05) is 57.0 Å². The minimum absolute atomic E-state index is 0.498. The van der Waals surface area contributed by atoms with Gasteiger partial charge in [-0.2, -0.15) is 0 Å². The SMILES string of the molecule is C=C(CC(C)c1c(/C(C)=C/C)c#ccc1C)C1CCC(C)CC1. The Morgan fingerprint density at radius 1 is 1.35 bits per heavy atom. The molecule has 2 rings (SSSR count). The molecule has 0 aliphatic heterocycles. The normalized spacial score (nSPS) is 23.3. The summed E-state index contributed by atoms with van der Waals surface area (Å²) < 4.78 is 0. The van der Waals surface area contributed by atoms with Gasteiger partial charge in [0, 0.05) is 5.56 Å². The molecule has 1 fully saturated rings. The fourth-order valence-electron chi connectivity index (χ4n) is 3.98. The Morgan fingerprint density at radius 3 is 2.61 bits per heavy atom. The summed E-state index contributed by atoms with van der Waals surface area (Å²) in [5.41, 5.74) is 6.76. The van der Waals surface area contributed by atoms with Crippen molar-refractivity contribution >= 4 is 5.57 Å². The molecule has 124 valence electrons. The molecule has 0 aromatic heterocycles. The Bertz CT molecular complexity index is 568. The van der Waals surface area contributed by atoms with Crippen molar-refractivity contribution < 1.29 is 0 Å². The van der Waals surface area contributed by atoms with Crippen molar-refractivity contribution in [2.24, 2.45) is 11.8 Å². The van der Waals surface area contributed by atoms with Crippen LogP contribution in [-0.4, -0.2) is 0 Å². The third-order valence-corrected chi connectivity index (χ3v) is 5.66. The van der Waals surface area contributed by atoms with Gasteiger partial charge in [0.1, 0.15) is 0 Å². The summed E-state index contributed by atoms with van der Waals surface area (Å²) in [5, 5.41) is 0. The van der Waals surface area contributed by atoms with Crippen molar-refractivity contribution in [3.63, 3.8) is 0 Å². The van der Waals surface area contributed by atoms with Gasteiger partial charge in [-0.25, -0.2) is 0 Å². The van der Waals surface area contributed by atoms with Gasteiger partial charge >= 0.3 is 0 Å². The molecule has 1 aliphatic rings. The summed E-state index contributed by atoms with van der Waals surface area (Å²) in [6, 6.07) is 8.59. The molecular formula is C23H32. The number of rotatable bonds is 5. The molecule has 1 unspecified atom stereocenters. The highest BCUT2D eigenvalue weighted by molar-refractivity contribution is 5.66. The van der Waals surface area contributed by atoms with Crippen molar-refractivity contribution in [3.8, 4) is 0 Å². The van der Waals surface area contributed by atoms with Crippen molar-refractivity contribution in [2.75, 3.05) is 0 Å². The van der Waals surface area contributed by atoms with Crippen molar-refractivity contribution in [3.05, 3.63) is 53.1 Å². The zero-order chi connectivity index (χ0) is 17.0. The van der Waals surface area contributed by atoms with E-state index in [1.165, 1.54) is 53.5 Å². The predicted molar refractivity (Wildman–Crippen MR) is 101 cm³/mol. The molecule has 1 aromatic carbocycles. The van der Waals surface area contributed by atoms with Gasteiger partial charge in [-0.3, -0.25) is 0 Å². The third kappa shape index (κ3) is 4.29. The smallest absolute Gasteiger partial charge is 0.0312 e. The van der Waals surface area contributed by atoms with Crippen LogP contribution in [0.25, 0.3) is 5.57 Å². The zero-order valence-electron chi connectivity index (χ0n) is 15.6. The van der Waals surface area contributed by atoms with E-state index < -0.39 is 0 Å². The second kappa shape index (κ2) is 7.87. The first-order valence-electron chi connectivity index (χ1n) is 9.17. The summed E-state index contributed by atoms with van der Waals surface area (Å²) >= 11 is 0. The fraction of sp³-hybridized carbons (Fsp3) is 0.565. The first-order chi connectivity index (χ1) is 10.9. The largest absolute Gasteiger partial charge is 0.0996 e. The molecule has 0 saturated heterocycles. The lowest BCUT2D eigenvalue weighted by Crippen LogP contribution is -2.15. The third-order valence-electron chi connectivity index (χ3n) is 5.66. The van der Waals surface area contributed by atoms with Crippen molar-refractivity contribution in [1.29, 1.82) is 0 Å². The van der Waals surface area contributed by atoms with Gasteiger partial charge in [0.25, 0.3) is 0 Å². The van der Waals surface area contributed by atoms with Crippen LogP contribution in [0.5, 0.6) is 0 Å². The van der Waals surface area contributed by atoms with E-state index in [1.54, 1.807) is 0 Å². The van der Waals surface area contributed by atoms with Crippen LogP contribution in [0.15, 0.2) is 24.3 Å². The van der Waals surface area contributed by atoms with Gasteiger partial charge in [0.05, 0.1) is 0 Å². The molecule has 1 aliphatic carbocycles. The molecule has 0 nitrogen and oxygen atoms in total. The number of allylic oxidation sites excluding steroid dienone is 3. The maximum absolute atomic E-state index is 4.46. The summed E-state index contributed by atoms with van der Waals surface area (Å²) in [6.07, 6.45) is 8.68. The van der Waals surface area contributed by atoms with E-state index in [0.29, 0.717) is 5.92 Å². The topological polar surface area (TPSA) is 0 Å². The second-order valence-electron chi connectivity index (χ2n) is 7.58. The minimum Gasteiger partial charge on any atom is -0.0996 e. The van der Waals surface area contributed by atoms with Gasteiger partial charge in [0.2, 0.25) is 0 Å². The Balaban J connectivity index is 2.14. The molecule has 1 atom stereocenters. The standard InChI is InChI=1S/C23H32/c1-7-17(3)22-10-8-9-18(4)23(22)20(6)15-19(5)21-13-11-16(2)12-14-21/h7,9,16,20-21H,5,11-15H2,1-4,6H3/b17-7+. The maximum atomic E-state index is 4.46. The Kier molecular flexibility index (Phi) is 6.11. The average Bonchev–Trinajstić information content (AvgIpc) is 2.54. The first-order valence-corrected chi connectivity index (χ1v) is 9.17. The molecule has 0 amide bonds. The molecular weight excluding hydrogens is 276 g/mol. The Hall–Kier alpha value is -1.48. The van der Waals surface area contributed by atoms with Crippen LogP contribution in [0.3, 0.4) is 0 Å². The number of hydrogen-bond acceptors (Lipinski definition) is 0. The highest BCUT2D eigenvalue weighted by Crippen LogP contribution is 2.38. The predicted octanol–water partition coefficient (Wildman–Crippen LogP) is 6.89. The van der Waals surface area contributed by atoms with E-state index in [1.807, 2.05) is 0 Å². The molecule has 0 radical (unpaired) electrons. The molecule has 23 heavy (non-hydrogen) atoms. The molecule has 1 saturated carbocycles. The quantitative estimate of drug-likeness (QED) is 0.519. The maximum Gasteiger partial charge on any atom is 0.0312 e. The van der Waals surface area contributed by atoms with Gasteiger partial charge < -0.3 is 0 Å². The molecule has 0 spiro atoms. The number of hydrogen-bond donors (Lipinski definition) is 0. The van der Waals surface area contributed by atoms with E-state index in [-0.39, 0.29) is 0 Å². The minimum atomic E-state index is 0.498. The van der Waals surface area contributed by atoms with E-state index in [0.717, 1.165) is 18.3 Å². The van der Waals surface area contributed by atoms with E-state index in [9.17, 15) is 0 Å². The van der Waals surface area contributed by atoms with Crippen LogP contribution in [0, 0.1) is 30.9 Å². The molecule has 1 aromatic rings. The van der Waals surface area contributed by atoms with Crippen LogP contribution >= 0.6 is 0 Å². The Labute approximate surface area is 143 Å². The lowest BCUT2D eigenvalue weighted by molar-refractivity contribution is 0.314. The van der Waals surface area contributed by atoms with Crippen LogP contribution < -0.4 is 0 Å². The number of aryl methyl sites for hydroxylation is 1. The lowest BCUT2D eigenvalue weighted by atomic mass is 9.76. The van der Waals surface area contributed by atoms with Gasteiger partial charge in [-0.05, 0) is 80.6 Å². The molecule has 0 bridgehead atoms. The highest BCUT2D eigenvalue weighted by atomic mass is 14.3. The summed E-state index contributed by atoms with van der Waals surface area (Å²) in [4.78, 5) is 0. The van der Waals surface area contributed by atoms with E-state index in [2.05, 4.69) is 65.5 Å².